The Labute approximate surface area is 121 Å². The van der Waals surface area contributed by atoms with Gasteiger partial charge in [-0.2, -0.15) is 0 Å². The SMILES string of the molecule is Cc1cccc(CNC(=O)c2cc(Br)ccc2C)n1. The molecular formula is C15H15BrN2O. The van der Waals surface area contributed by atoms with Gasteiger partial charge in [-0.3, -0.25) is 9.78 Å². The molecule has 0 fully saturated rings. The van der Waals surface area contributed by atoms with Crippen molar-refractivity contribution in [2.24, 2.45) is 0 Å². The second-order valence-electron chi connectivity index (χ2n) is 4.41. The highest BCUT2D eigenvalue weighted by Crippen LogP contribution is 2.16. The summed E-state index contributed by atoms with van der Waals surface area (Å²) in [7, 11) is 0. The summed E-state index contributed by atoms with van der Waals surface area (Å²) in [6, 6.07) is 11.4. The lowest BCUT2D eigenvalue weighted by Crippen LogP contribution is -2.24. The van der Waals surface area contributed by atoms with Crippen LogP contribution in [0.25, 0.3) is 0 Å². The molecule has 0 saturated carbocycles. The Morgan fingerprint density at radius 2 is 2.05 bits per heavy atom. The average Bonchev–Trinajstić information content (AvgIpc) is 2.39. The third kappa shape index (κ3) is 3.64. The minimum Gasteiger partial charge on any atom is -0.346 e. The van der Waals surface area contributed by atoms with Crippen LogP contribution in [0.1, 0.15) is 27.3 Å². The number of rotatable bonds is 3. The number of pyridine rings is 1. The monoisotopic (exact) mass is 318 g/mol. The van der Waals surface area contributed by atoms with Crippen molar-refractivity contribution < 1.29 is 4.79 Å². The first kappa shape index (κ1) is 13.7. The molecule has 0 aliphatic heterocycles. The Kier molecular flexibility index (Phi) is 4.32. The van der Waals surface area contributed by atoms with Crippen LogP contribution in [0.5, 0.6) is 0 Å². The summed E-state index contributed by atoms with van der Waals surface area (Å²) in [4.78, 5) is 16.5. The lowest BCUT2D eigenvalue weighted by molar-refractivity contribution is 0.0949. The van der Waals surface area contributed by atoms with Gasteiger partial charge >= 0.3 is 0 Å². The van der Waals surface area contributed by atoms with E-state index in [9.17, 15) is 4.79 Å². The Bertz CT molecular complexity index is 611. The lowest BCUT2D eigenvalue weighted by atomic mass is 10.1. The Morgan fingerprint density at radius 1 is 1.26 bits per heavy atom. The minimum absolute atomic E-state index is 0.0814. The van der Waals surface area contributed by atoms with E-state index in [1.54, 1.807) is 0 Å². The van der Waals surface area contributed by atoms with E-state index in [1.807, 2.05) is 50.2 Å². The van der Waals surface area contributed by atoms with Crippen LogP contribution < -0.4 is 5.32 Å². The van der Waals surface area contributed by atoms with Crippen LogP contribution in [0.15, 0.2) is 40.9 Å². The predicted octanol–water partition coefficient (Wildman–Crippen LogP) is 3.39. The molecular weight excluding hydrogens is 304 g/mol. The summed E-state index contributed by atoms with van der Waals surface area (Å²) >= 11 is 3.38. The number of aromatic nitrogens is 1. The number of halogens is 1. The summed E-state index contributed by atoms with van der Waals surface area (Å²) in [5, 5.41) is 2.89. The van der Waals surface area contributed by atoms with Crippen molar-refractivity contribution in [3.63, 3.8) is 0 Å². The van der Waals surface area contributed by atoms with Crippen LogP contribution in [-0.2, 0) is 6.54 Å². The van der Waals surface area contributed by atoms with Gasteiger partial charge < -0.3 is 5.32 Å². The van der Waals surface area contributed by atoms with Crippen molar-refractivity contribution in [3.05, 3.63) is 63.4 Å². The normalized spacial score (nSPS) is 10.3. The summed E-state index contributed by atoms with van der Waals surface area (Å²) in [6.07, 6.45) is 0. The van der Waals surface area contributed by atoms with Gasteiger partial charge in [0.25, 0.3) is 5.91 Å². The zero-order chi connectivity index (χ0) is 13.8. The number of hydrogen-bond acceptors (Lipinski definition) is 2. The largest absolute Gasteiger partial charge is 0.346 e. The maximum absolute atomic E-state index is 12.1. The van der Waals surface area contributed by atoms with Gasteiger partial charge in [0, 0.05) is 15.7 Å². The fourth-order valence-corrected chi connectivity index (χ4v) is 2.16. The molecule has 1 N–H and O–H groups in total. The molecule has 0 radical (unpaired) electrons. The van der Waals surface area contributed by atoms with Crippen molar-refractivity contribution in [2.75, 3.05) is 0 Å². The number of carbonyl (C=O) groups is 1. The first-order valence-electron chi connectivity index (χ1n) is 6.03. The van der Waals surface area contributed by atoms with Crippen LogP contribution in [0.4, 0.5) is 0 Å². The van der Waals surface area contributed by atoms with E-state index in [2.05, 4.69) is 26.2 Å². The zero-order valence-electron chi connectivity index (χ0n) is 10.9. The van der Waals surface area contributed by atoms with E-state index in [0.717, 1.165) is 21.4 Å². The summed E-state index contributed by atoms with van der Waals surface area (Å²) in [5.41, 5.74) is 3.45. The van der Waals surface area contributed by atoms with Crippen LogP contribution in [0, 0.1) is 13.8 Å². The van der Waals surface area contributed by atoms with E-state index in [4.69, 9.17) is 0 Å². The van der Waals surface area contributed by atoms with Crippen LogP contribution >= 0.6 is 15.9 Å². The lowest BCUT2D eigenvalue weighted by Gasteiger charge is -2.08. The average molecular weight is 319 g/mol. The molecule has 1 heterocycles. The van der Waals surface area contributed by atoms with Gasteiger partial charge in [-0.15, -0.1) is 0 Å². The molecule has 0 saturated heterocycles. The molecule has 0 bridgehead atoms. The second-order valence-corrected chi connectivity index (χ2v) is 5.33. The van der Waals surface area contributed by atoms with Gasteiger partial charge in [0.15, 0.2) is 0 Å². The quantitative estimate of drug-likeness (QED) is 0.942. The third-order valence-electron chi connectivity index (χ3n) is 2.82. The van der Waals surface area contributed by atoms with Crippen molar-refractivity contribution in [2.45, 2.75) is 20.4 Å². The van der Waals surface area contributed by atoms with Crippen molar-refractivity contribution >= 4 is 21.8 Å². The van der Waals surface area contributed by atoms with Gasteiger partial charge in [0.1, 0.15) is 0 Å². The Hall–Kier alpha value is -1.68. The summed E-state index contributed by atoms with van der Waals surface area (Å²) < 4.78 is 0.900. The zero-order valence-corrected chi connectivity index (χ0v) is 12.5. The highest BCUT2D eigenvalue weighted by atomic mass is 79.9. The number of hydrogen-bond donors (Lipinski definition) is 1. The number of aryl methyl sites for hydroxylation is 2. The second kappa shape index (κ2) is 5.97. The van der Waals surface area contributed by atoms with Gasteiger partial charge in [-0.05, 0) is 43.7 Å². The van der Waals surface area contributed by atoms with Crippen molar-refractivity contribution in [1.82, 2.24) is 10.3 Å². The number of benzene rings is 1. The molecule has 0 unspecified atom stereocenters. The van der Waals surface area contributed by atoms with Gasteiger partial charge in [0.2, 0.25) is 0 Å². The van der Waals surface area contributed by atoms with E-state index in [-0.39, 0.29) is 5.91 Å². The van der Waals surface area contributed by atoms with Crippen molar-refractivity contribution in [1.29, 1.82) is 0 Å². The van der Waals surface area contributed by atoms with E-state index in [0.29, 0.717) is 12.1 Å². The molecule has 2 rings (SSSR count). The molecule has 1 aromatic heterocycles. The number of amides is 1. The van der Waals surface area contributed by atoms with Crippen LogP contribution in [-0.4, -0.2) is 10.9 Å². The van der Waals surface area contributed by atoms with Crippen LogP contribution in [0.2, 0.25) is 0 Å². The maximum atomic E-state index is 12.1. The highest BCUT2D eigenvalue weighted by Gasteiger charge is 2.09. The Morgan fingerprint density at radius 3 is 2.79 bits per heavy atom. The smallest absolute Gasteiger partial charge is 0.251 e. The topological polar surface area (TPSA) is 42.0 Å². The highest BCUT2D eigenvalue weighted by molar-refractivity contribution is 9.10. The van der Waals surface area contributed by atoms with Gasteiger partial charge in [-0.25, -0.2) is 0 Å². The first-order valence-corrected chi connectivity index (χ1v) is 6.82. The maximum Gasteiger partial charge on any atom is 0.251 e. The number of nitrogens with one attached hydrogen (secondary N) is 1. The fraction of sp³-hybridized carbons (Fsp3) is 0.200. The fourth-order valence-electron chi connectivity index (χ4n) is 1.80. The molecule has 2 aromatic rings. The predicted molar refractivity (Wildman–Crippen MR) is 79.0 cm³/mol. The molecule has 1 aromatic carbocycles. The first-order chi connectivity index (χ1) is 9.06. The molecule has 0 atom stereocenters. The van der Waals surface area contributed by atoms with Crippen LogP contribution in [0.3, 0.4) is 0 Å². The number of carbonyl (C=O) groups excluding carboxylic acids is 1. The summed E-state index contributed by atoms with van der Waals surface area (Å²) in [5.74, 6) is -0.0814. The van der Waals surface area contributed by atoms with E-state index in [1.165, 1.54) is 0 Å². The van der Waals surface area contributed by atoms with E-state index >= 15 is 0 Å². The molecule has 0 aliphatic carbocycles. The minimum atomic E-state index is -0.0814. The molecule has 19 heavy (non-hydrogen) atoms. The molecule has 1 amide bonds. The van der Waals surface area contributed by atoms with Gasteiger partial charge in [0.05, 0.1) is 12.2 Å². The Balaban J connectivity index is 2.07. The standard InChI is InChI=1S/C15H15BrN2O/c1-10-6-7-12(16)8-14(10)15(19)17-9-13-5-3-4-11(2)18-13/h3-8H,9H2,1-2H3,(H,17,19). The molecule has 98 valence electrons. The van der Waals surface area contributed by atoms with E-state index < -0.39 is 0 Å². The number of nitrogens with zero attached hydrogens (tertiary/aromatic N) is 1. The molecule has 0 aliphatic rings. The molecule has 0 spiro atoms. The summed E-state index contributed by atoms with van der Waals surface area (Å²) in [6.45, 7) is 4.29. The van der Waals surface area contributed by atoms with Gasteiger partial charge in [-0.1, -0.05) is 28.1 Å². The third-order valence-corrected chi connectivity index (χ3v) is 3.31. The van der Waals surface area contributed by atoms with Crippen molar-refractivity contribution in [3.8, 4) is 0 Å². The molecule has 3 nitrogen and oxygen atoms in total. The molecule has 4 heteroatoms.